The fourth-order valence-electron chi connectivity index (χ4n) is 0.747. The molecule has 0 aromatic heterocycles. The molecule has 0 unspecified atom stereocenters. The quantitative estimate of drug-likeness (QED) is 0.527. The van der Waals surface area contributed by atoms with Crippen molar-refractivity contribution in [2.45, 2.75) is 39.3 Å². The third-order valence-electron chi connectivity index (χ3n) is 2.01. The average molecular weight is 139 g/mol. The molecule has 10 heavy (non-hydrogen) atoms. The van der Waals surface area contributed by atoms with E-state index in [1.54, 1.807) is 0 Å². The summed E-state index contributed by atoms with van der Waals surface area (Å²) in [5.74, 6) is 2.75. The molecule has 1 heteroatoms. The van der Waals surface area contributed by atoms with Gasteiger partial charge in [-0.05, 0) is 34.7 Å². The standard InChI is InChI=1S/C9H17N/c1-7-9(4,5)10(6)8(2)3/h1,8H,2-6H3. The van der Waals surface area contributed by atoms with Crippen LogP contribution in [-0.4, -0.2) is 23.5 Å². The topological polar surface area (TPSA) is 3.24 Å². The lowest BCUT2D eigenvalue weighted by Crippen LogP contribution is -2.43. The molecule has 1 nitrogen and oxygen atoms in total. The molecule has 0 aliphatic heterocycles. The summed E-state index contributed by atoms with van der Waals surface area (Å²) in [6, 6.07) is 0.506. The van der Waals surface area contributed by atoms with Gasteiger partial charge in [0.2, 0.25) is 0 Å². The second kappa shape index (κ2) is 3.07. The van der Waals surface area contributed by atoms with Gasteiger partial charge in [0.05, 0.1) is 5.54 Å². The van der Waals surface area contributed by atoms with Crippen LogP contribution in [0.2, 0.25) is 0 Å². The van der Waals surface area contributed by atoms with Crippen LogP contribution in [0.5, 0.6) is 0 Å². The van der Waals surface area contributed by atoms with Gasteiger partial charge in [-0.15, -0.1) is 6.42 Å². The Morgan fingerprint density at radius 3 is 1.90 bits per heavy atom. The molecule has 0 saturated heterocycles. The van der Waals surface area contributed by atoms with Crippen LogP contribution in [0.3, 0.4) is 0 Å². The molecule has 0 bridgehead atoms. The largest absolute Gasteiger partial charge is 0.288 e. The Bertz CT molecular complexity index is 139. The Hall–Kier alpha value is -0.480. The fraction of sp³-hybridized carbons (Fsp3) is 0.778. The lowest BCUT2D eigenvalue weighted by atomic mass is 10.0. The van der Waals surface area contributed by atoms with E-state index in [1.165, 1.54) is 0 Å². The summed E-state index contributed by atoms with van der Waals surface area (Å²) in [7, 11) is 2.05. The van der Waals surface area contributed by atoms with Crippen molar-refractivity contribution in [2.75, 3.05) is 7.05 Å². The van der Waals surface area contributed by atoms with Crippen LogP contribution in [0.15, 0.2) is 0 Å². The van der Waals surface area contributed by atoms with Gasteiger partial charge < -0.3 is 0 Å². The van der Waals surface area contributed by atoms with Crippen molar-refractivity contribution in [3.05, 3.63) is 0 Å². The Balaban J connectivity index is 4.22. The Morgan fingerprint density at radius 2 is 1.80 bits per heavy atom. The van der Waals surface area contributed by atoms with E-state index < -0.39 is 0 Å². The van der Waals surface area contributed by atoms with Crippen LogP contribution in [0.4, 0.5) is 0 Å². The number of hydrogen-bond acceptors (Lipinski definition) is 1. The normalized spacial score (nSPS) is 12.2. The first-order chi connectivity index (χ1) is 4.41. The van der Waals surface area contributed by atoms with Gasteiger partial charge in [-0.1, -0.05) is 5.92 Å². The van der Waals surface area contributed by atoms with Crippen LogP contribution in [-0.2, 0) is 0 Å². The number of nitrogens with zero attached hydrogens (tertiary/aromatic N) is 1. The van der Waals surface area contributed by atoms with E-state index in [2.05, 4.69) is 24.7 Å². The highest BCUT2D eigenvalue weighted by atomic mass is 15.2. The minimum Gasteiger partial charge on any atom is -0.288 e. The van der Waals surface area contributed by atoms with E-state index in [-0.39, 0.29) is 5.54 Å². The second-order valence-electron chi connectivity index (χ2n) is 3.41. The monoisotopic (exact) mass is 139 g/mol. The van der Waals surface area contributed by atoms with Crippen LogP contribution >= 0.6 is 0 Å². The van der Waals surface area contributed by atoms with Gasteiger partial charge in [-0.3, -0.25) is 4.90 Å². The van der Waals surface area contributed by atoms with Gasteiger partial charge in [0, 0.05) is 6.04 Å². The zero-order valence-electron chi connectivity index (χ0n) is 7.60. The first-order valence-corrected chi connectivity index (χ1v) is 3.62. The predicted octanol–water partition coefficient (Wildman–Crippen LogP) is 1.74. The molecule has 0 heterocycles. The molecule has 0 atom stereocenters. The van der Waals surface area contributed by atoms with E-state index in [0.29, 0.717) is 6.04 Å². The summed E-state index contributed by atoms with van der Waals surface area (Å²) in [5.41, 5.74) is -0.117. The fourth-order valence-corrected chi connectivity index (χ4v) is 0.747. The zero-order chi connectivity index (χ0) is 8.36. The summed E-state index contributed by atoms with van der Waals surface area (Å²) < 4.78 is 0. The highest BCUT2D eigenvalue weighted by Crippen LogP contribution is 2.12. The van der Waals surface area contributed by atoms with Gasteiger partial charge in [-0.25, -0.2) is 0 Å². The summed E-state index contributed by atoms with van der Waals surface area (Å²) in [6.45, 7) is 8.37. The van der Waals surface area contributed by atoms with Gasteiger partial charge in [0.1, 0.15) is 0 Å². The molecule has 0 amide bonds. The molecular formula is C9H17N. The van der Waals surface area contributed by atoms with Crippen LogP contribution in [0.1, 0.15) is 27.7 Å². The molecule has 0 aliphatic rings. The molecule has 0 saturated carbocycles. The highest BCUT2D eigenvalue weighted by Gasteiger charge is 2.21. The summed E-state index contributed by atoms with van der Waals surface area (Å²) in [6.07, 6.45) is 5.35. The van der Waals surface area contributed by atoms with Crippen molar-refractivity contribution >= 4 is 0 Å². The molecule has 0 aromatic rings. The molecule has 58 valence electrons. The van der Waals surface area contributed by atoms with E-state index in [4.69, 9.17) is 6.42 Å². The molecule has 0 fully saturated rings. The van der Waals surface area contributed by atoms with Crippen molar-refractivity contribution in [3.63, 3.8) is 0 Å². The summed E-state index contributed by atoms with van der Waals surface area (Å²) in [4.78, 5) is 2.17. The van der Waals surface area contributed by atoms with Crippen molar-refractivity contribution in [3.8, 4) is 12.3 Å². The summed E-state index contributed by atoms with van der Waals surface area (Å²) >= 11 is 0. The molecule has 0 radical (unpaired) electrons. The highest BCUT2D eigenvalue weighted by molar-refractivity contribution is 5.08. The minimum atomic E-state index is -0.117. The van der Waals surface area contributed by atoms with Gasteiger partial charge >= 0.3 is 0 Å². The van der Waals surface area contributed by atoms with Crippen molar-refractivity contribution in [1.82, 2.24) is 4.90 Å². The average Bonchev–Trinajstić information content (AvgIpc) is 1.86. The lowest BCUT2D eigenvalue weighted by Gasteiger charge is -2.34. The van der Waals surface area contributed by atoms with E-state index >= 15 is 0 Å². The molecule has 0 aromatic carbocycles. The Kier molecular flexibility index (Phi) is 2.93. The first-order valence-electron chi connectivity index (χ1n) is 3.62. The predicted molar refractivity (Wildman–Crippen MR) is 45.8 cm³/mol. The Labute approximate surface area is 64.4 Å². The molecule has 0 N–H and O–H groups in total. The maximum Gasteiger partial charge on any atom is 0.0765 e. The molecule has 0 aliphatic carbocycles. The van der Waals surface area contributed by atoms with Crippen LogP contribution in [0, 0.1) is 12.3 Å². The van der Waals surface area contributed by atoms with Crippen molar-refractivity contribution in [1.29, 1.82) is 0 Å². The third-order valence-corrected chi connectivity index (χ3v) is 2.01. The van der Waals surface area contributed by atoms with Gasteiger partial charge in [-0.2, -0.15) is 0 Å². The van der Waals surface area contributed by atoms with E-state index in [9.17, 15) is 0 Å². The van der Waals surface area contributed by atoms with E-state index in [0.717, 1.165) is 0 Å². The maximum atomic E-state index is 5.35. The Morgan fingerprint density at radius 1 is 1.40 bits per heavy atom. The molecular weight excluding hydrogens is 122 g/mol. The minimum absolute atomic E-state index is 0.117. The number of terminal acetylenes is 1. The summed E-state index contributed by atoms with van der Waals surface area (Å²) in [5, 5.41) is 0. The smallest absolute Gasteiger partial charge is 0.0765 e. The van der Waals surface area contributed by atoms with Crippen LogP contribution < -0.4 is 0 Å². The SMILES string of the molecule is C#CC(C)(C)N(C)C(C)C. The first kappa shape index (κ1) is 9.52. The van der Waals surface area contributed by atoms with Crippen molar-refractivity contribution in [2.24, 2.45) is 0 Å². The molecule has 0 rings (SSSR count). The van der Waals surface area contributed by atoms with Gasteiger partial charge in [0.25, 0.3) is 0 Å². The van der Waals surface area contributed by atoms with Crippen molar-refractivity contribution < 1.29 is 0 Å². The van der Waals surface area contributed by atoms with E-state index in [1.807, 2.05) is 20.9 Å². The maximum absolute atomic E-state index is 5.35. The third kappa shape index (κ3) is 2.04. The van der Waals surface area contributed by atoms with Crippen LogP contribution in [0.25, 0.3) is 0 Å². The number of hydrogen-bond donors (Lipinski definition) is 0. The molecule has 0 spiro atoms. The lowest BCUT2D eigenvalue weighted by molar-refractivity contribution is 0.169. The zero-order valence-corrected chi connectivity index (χ0v) is 7.60. The number of rotatable bonds is 2. The van der Waals surface area contributed by atoms with Gasteiger partial charge in [0.15, 0.2) is 0 Å². The second-order valence-corrected chi connectivity index (χ2v) is 3.41.